The molecule has 0 aromatic heterocycles. The molecule has 0 unspecified atom stereocenters. The van der Waals surface area contributed by atoms with Gasteiger partial charge in [-0.05, 0) is 30.4 Å². The molecule has 0 spiro atoms. The summed E-state index contributed by atoms with van der Waals surface area (Å²) in [6.07, 6.45) is 1.11. The molecule has 4 N–H and O–H groups in total. The lowest BCUT2D eigenvalue weighted by molar-refractivity contribution is -0.908. The topological polar surface area (TPSA) is 49.8 Å². The molecule has 0 amide bonds. The summed E-state index contributed by atoms with van der Waals surface area (Å²) < 4.78 is 6.38. The Morgan fingerprint density at radius 2 is 2.14 bits per heavy atom. The van der Waals surface area contributed by atoms with Crippen molar-refractivity contribution in [1.82, 2.24) is 10.7 Å². The number of quaternary nitrogens is 1. The number of morpholine rings is 1. The van der Waals surface area contributed by atoms with Gasteiger partial charge in [0.05, 0.1) is 25.4 Å². The predicted octanol–water partition coefficient (Wildman–Crippen LogP) is 0.545. The van der Waals surface area contributed by atoms with E-state index in [0.29, 0.717) is 5.11 Å². The molecule has 2 rings (SSSR count). The third-order valence-electron chi connectivity index (χ3n) is 3.34. The molecule has 0 aliphatic carbocycles. The van der Waals surface area contributed by atoms with Crippen LogP contribution in [0.4, 0.5) is 5.69 Å². The van der Waals surface area contributed by atoms with Crippen LogP contribution in [0.25, 0.3) is 0 Å². The Labute approximate surface area is 139 Å². The van der Waals surface area contributed by atoms with Crippen molar-refractivity contribution in [2.24, 2.45) is 0 Å². The van der Waals surface area contributed by atoms with E-state index < -0.39 is 0 Å². The third-order valence-corrected chi connectivity index (χ3v) is 4.08. The average Bonchev–Trinajstić information content (AvgIpc) is 2.51. The second-order valence-corrected chi connectivity index (χ2v) is 6.31. The molecule has 0 radical (unpaired) electrons. The summed E-state index contributed by atoms with van der Waals surface area (Å²) in [6.45, 7) is 6.06. The highest BCUT2D eigenvalue weighted by atomic mass is 79.9. The lowest BCUT2D eigenvalue weighted by atomic mass is 10.3. The Balaban J connectivity index is 1.55. The fourth-order valence-electron chi connectivity index (χ4n) is 2.19. The smallest absolute Gasteiger partial charge is 0.185 e. The van der Waals surface area contributed by atoms with Crippen molar-refractivity contribution in [1.29, 1.82) is 0 Å². The maximum atomic E-state index is 5.35. The van der Waals surface area contributed by atoms with Crippen LogP contribution < -0.4 is 21.1 Å². The Bertz CT molecular complexity index is 454. The van der Waals surface area contributed by atoms with Crippen molar-refractivity contribution in [2.75, 3.05) is 44.8 Å². The van der Waals surface area contributed by atoms with Gasteiger partial charge in [0.2, 0.25) is 0 Å². The second kappa shape index (κ2) is 9.19. The first kappa shape index (κ1) is 16.5. The highest BCUT2D eigenvalue weighted by molar-refractivity contribution is 9.10. The van der Waals surface area contributed by atoms with Crippen LogP contribution in [0.2, 0.25) is 0 Å². The van der Waals surface area contributed by atoms with Crippen LogP contribution in [0.5, 0.6) is 0 Å². The monoisotopic (exact) mass is 373 g/mol. The largest absolute Gasteiger partial charge is 0.370 e. The number of rotatable bonds is 6. The van der Waals surface area contributed by atoms with Gasteiger partial charge in [-0.25, -0.2) is 0 Å². The lowest BCUT2D eigenvalue weighted by Crippen LogP contribution is -3.14. The maximum absolute atomic E-state index is 5.35. The Morgan fingerprint density at radius 1 is 1.33 bits per heavy atom. The van der Waals surface area contributed by atoms with Gasteiger partial charge in [-0.15, -0.1) is 0 Å². The van der Waals surface area contributed by atoms with E-state index in [0.717, 1.165) is 56.0 Å². The minimum Gasteiger partial charge on any atom is -0.370 e. The maximum Gasteiger partial charge on any atom is 0.185 e. The first-order valence-corrected chi connectivity index (χ1v) is 8.41. The van der Waals surface area contributed by atoms with Crippen LogP contribution >= 0.6 is 28.1 Å². The zero-order valence-corrected chi connectivity index (χ0v) is 14.4. The molecule has 0 saturated carbocycles. The average molecular weight is 374 g/mol. The van der Waals surface area contributed by atoms with Crippen LogP contribution in [0.3, 0.4) is 0 Å². The van der Waals surface area contributed by atoms with Crippen LogP contribution in [0.1, 0.15) is 6.42 Å². The lowest BCUT2D eigenvalue weighted by Gasteiger charge is -2.23. The molecule has 0 bridgehead atoms. The Hall–Kier alpha value is -0.890. The van der Waals surface area contributed by atoms with E-state index in [2.05, 4.69) is 32.1 Å². The normalized spacial score (nSPS) is 15.5. The molecular formula is C14H22BrN4OS+. The summed E-state index contributed by atoms with van der Waals surface area (Å²) in [4.78, 5) is 1.62. The fourth-order valence-corrected chi connectivity index (χ4v) is 2.74. The number of halogens is 1. The molecule has 1 saturated heterocycles. The van der Waals surface area contributed by atoms with Crippen molar-refractivity contribution < 1.29 is 9.64 Å². The van der Waals surface area contributed by atoms with Gasteiger partial charge >= 0.3 is 0 Å². The zero-order chi connectivity index (χ0) is 14.9. The van der Waals surface area contributed by atoms with Crippen LogP contribution in [0, 0.1) is 0 Å². The number of benzene rings is 1. The van der Waals surface area contributed by atoms with E-state index in [1.165, 1.54) is 0 Å². The summed E-state index contributed by atoms with van der Waals surface area (Å²) in [5, 5.41) is 3.83. The van der Waals surface area contributed by atoms with Gasteiger partial charge in [0.15, 0.2) is 5.11 Å². The Morgan fingerprint density at radius 3 is 2.90 bits per heavy atom. The zero-order valence-electron chi connectivity index (χ0n) is 12.0. The summed E-state index contributed by atoms with van der Waals surface area (Å²) in [7, 11) is 0. The van der Waals surface area contributed by atoms with Crippen LogP contribution in [0.15, 0.2) is 28.7 Å². The van der Waals surface area contributed by atoms with E-state index in [-0.39, 0.29) is 0 Å². The van der Waals surface area contributed by atoms with Gasteiger partial charge in [-0.3, -0.25) is 10.9 Å². The van der Waals surface area contributed by atoms with Crippen LogP contribution in [-0.4, -0.2) is 44.5 Å². The fraction of sp³-hybridized carbons (Fsp3) is 0.500. The molecule has 21 heavy (non-hydrogen) atoms. The van der Waals surface area contributed by atoms with E-state index >= 15 is 0 Å². The van der Waals surface area contributed by atoms with Crippen LogP contribution in [-0.2, 0) is 4.74 Å². The molecule has 1 fully saturated rings. The Kier molecular flexibility index (Phi) is 7.21. The highest BCUT2D eigenvalue weighted by Crippen LogP contribution is 2.14. The number of hydrogen-bond acceptors (Lipinski definition) is 3. The molecular weight excluding hydrogens is 352 g/mol. The quantitative estimate of drug-likeness (QED) is 0.333. The van der Waals surface area contributed by atoms with Gasteiger partial charge in [0.25, 0.3) is 0 Å². The van der Waals surface area contributed by atoms with E-state index in [1.54, 1.807) is 4.90 Å². The number of anilines is 1. The molecule has 116 valence electrons. The first-order chi connectivity index (χ1) is 10.2. The SMILES string of the molecule is S=C(NCCC[NH+]1CCOCC1)NNc1cccc(Br)c1. The van der Waals surface area contributed by atoms with E-state index in [1.807, 2.05) is 24.3 Å². The summed E-state index contributed by atoms with van der Waals surface area (Å²) in [6, 6.07) is 7.91. The highest BCUT2D eigenvalue weighted by Gasteiger charge is 2.12. The third kappa shape index (κ3) is 6.60. The van der Waals surface area contributed by atoms with Gasteiger partial charge in [-0.2, -0.15) is 0 Å². The van der Waals surface area contributed by atoms with Crippen molar-refractivity contribution in [3.05, 3.63) is 28.7 Å². The minimum atomic E-state index is 0.618. The van der Waals surface area contributed by atoms with E-state index in [9.17, 15) is 0 Å². The van der Waals surface area contributed by atoms with Gasteiger partial charge in [0.1, 0.15) is 13.1 Å². The molecule has 1 heterocycles. The molecule has 7 heteroatoms. The molecule has 0 atom stereocenters. The summed E-state index contributed by atoms with van der Waals surface area (Å²) in [5.74, 6) is 0. The van der Waals surface area contributed by atoms with E-state index in [4.69, 9.17) is 17.0 Å². The number of hydrazine groups is 1. The molecule has 1 aliphatic heterocycles. The van der Waals surface area contributed by atoms with Crippen molar-refractivity contribution >= 4 is 38.9 Å². The standard InChI is InChI=1S/C14H21BrN4OS/c15-12-3-1-4-13(11-12)17-18-14(21)16-5-2-6-19-7-9-20-10-8-19/h1,3-4,11,17H,2,5-10H2,(H2,16,18,21)/p+1. The van der Waals surface area contributed by atoms with Crippen molar-refractivity contribution in [3.8, 4) is 0 Å². The molecule has 1 aromatic carbocycles. The number of ether oxygens (including phenoxy) is 1. The van der Waals surface area contributed by atoms with Gasteiger partial charge < -0.3 is 15.0 Å². The number of hydrogen-bond donors (Lipinski definition) is 4. The summed E-state index contributed by atoms with van der Waals surface area (Å²) in [5.41, 5.74) is 7.02. The molecule has 5 nitrogen and oxygen atoms in total. The molecule has 1 aliphatic rings. The van der Waals surface area contributed by atoms with Gasteiger partial charge in [-0.1, -0.05) is 22.0 Å². The molecule has 1 aromatic rings. The first-order valence-electron chi connectivity index (χ1n) is 7.21. The summed E-state index contributed by atoms with van der Waals surface area (Å²) >= 11 is 8.66. The number of nitrogens with one attached hydrogen (secondary N) is 4. The van der Waals surface area contributed by atoms with Crippen molar-refractivity contribution in [2.45, 2.75) is 6.42 Å². The van der Waals surface area contributed by atoms with Crippen molar-refractivity contribution in [3.63, 3.8) is 0 Å². The second-order valence-electron chi connectivity index (χ2n) is 4.98. The van der Waals surface area contributed by atoms with Gasteiger partial charge in [0, 0.05) is 17.4 Å². The predicted molar refractivity (Wildman–Crippen MR) is 92.5 cm³/mol. The minimum absolute atomic E-state index is 0.618. The number of thiocarbonyl (C=S) groups is 1.